The van der Waals surface area contributed by atoms with Gasteiger partial charge < -0.3 is 9.64 Å². The highest BCUT2D eigenvalue weighted by Crippen LogP contribution is 2.02. The van der Waals surface area contributed by atoms with Gasteiger partial charge in [0.05, 0.1) is 25.5 Å². The minimum Gasteiger partial charge on any atom is -0.381 e. The van der Waals surface area contributed by atoms with Gasteiger partial charge in [0.2, 0.25) is 5.91 Å². The average Bonchev–Trinajstić information content (AvgIpc) is 2.49. The molecule has 0 aliphatic heterocycles. The number of hydrogen-bond acceptors (Lipinski definition) is 3. The van der Waals surface area contributed by atoms with Crippen LogP contribution in [0.1, 0.15) is 24.8 Å². The SMILES string of the molecule is CN(CCC#N)C(=O)CCOCCCc1ccccc1. The van der Waals surface area contributed by atoms with Crippen LogP contribution in [0.4, 0.5) is 0 Å². The number of nitriles is 1. The summed E-state index contributed by atoms with van der Waals surface area (Å²) in [5.41, 5.74) is 1.31. The van der Waals surface area contributed by atoms with E-state index in [4.69, 9.17) is 10.00 Å². The van der Waals surface area contributed by atoms with Crippen molar-refractivity contribution < 1.29 is 9.53 Å². The number of hydrogen-bond donors (Lipinski definition) is 0. The van der Waals surface area contributed by atoms with Crippen LogP contribution in [0.2, 0.25) is 0 Å². The molecule has 0 spiro atoms. The largest absolute Gasteiger partial charge is 0.381 e. The Kier molecular flexibility index (Phi) is 8.09. The van der Waals surface area contributed by atoms with Crippen molar-refractivity contribution in [3.05, 3.63) is 35.9 Å². The summed E-state index contributed by atoms with van der Waals surface area (Å²) in [6, 6.07) is 12.3. The molecule has 0 fully saturated rings. The number of aryl methyl sites for hydroxylation is 1. The van der Waals surface area contributed by atoms with Crippen molar-refractivity contribution in [2.24, 2.45) is 0 Å². The second kappa shape index (κ2) is 9.99. The van der Waals surface area contributed by atoms with Gasteiger partial charge in [0.15, 0.2) is 0 Å². The highest BCUT2D eigenvalue weighted by molar-refractivity contribution is 5.75. The molecule has 108 valence electrons. The summed E-state index contributed by atoms with van der Waals surface area (Å²) < 4.78 is 5.47. The van der Waals surface area contributed by atoms with Crippen LogP contribution in [0.5, 0.6) is 0 Å². The van der Waals surface area contributed by atoms with Crippen molar-refractivity contribution >= 4 is 5.91 Å². The molecule has 0 saturated heterocycles. The molecule has 0 aliphatic rings. The predicted octanol–water partition coefficient (Wildman–Crippen LogP) is 2.40. The van der Waals surface area contributed by atoms with Crippen molar-refractivity contribution in [1.29, 1.82) is 5.26 Å². The number of carbonyl (C=O) groups excluding carboxylic acids is 1. The maximum atomic E-state index is 11.6. The Bertz CT molecular complexity index is 426. The molecule has 4 heteroatoms. The third-order valence-electron chi connectivity index (χ3n) is 3.04. The zero-order valence-corrected chi connectivity index (χ0v) is 12.0. The normalized spacial score (nSPS) is 10.0. The lowest BCUT2D eigenvalue weighted by atomic mass is 10.1. The Morgan fingerprint density at radius 1 is 1.30 bits per heavy atom. The van der Waals surface area contributed by atoms with E-state index in [0.29, 0.717) is 32.6 Å². The molecule has 1 amide bonds. The highest BCUT2D eigenvalue weighted by Gasteiger charge is 2.07. The van der Waals surface area contributed by atoms with Gasteiger partial charge in [-0.1, -0.05) is 30.3 Å². The molecule has 1 aromatic rings. The van der Waals surface area contributed by atoms with Crippen molar-refractivity contribution in [3.8, 4) is 6.07 Å². The zero-order valence-electron chi connectivity index (χ0n) is 12.0. The number of rotatable bonds is 9. The Morgan fingerprint density at radius 2 is 2.05 bits per heavy atom. The first-order valence-electron chi connectivity index (χ1n) is 6.96. The van der Waals surface area contributed by atoms with E-state index in [-0.39, 0.29) is 5.91 Å². The summed E-state index contributed by atoms with van der Waals surface area (Å²) in [5.74, 6) is 0.0308. The fourth-order valence-electron chi connectivity index (χ4n) is 1.82. The summed E-state index contributed by atoms with van der Waals surface area (Å²) in [5, 5.41) is 8.45. The van der Waals surface area contributed by atoms with Crippen molar-refractivity contribution in [3.63, 3.8) is 0 Å². The summed E-state index contributed by atoms with van der Waals surface area (Å²) in [6.07, 6.45) is 2.72. The standard InChI is InChI=1S/C16H22N2O2/c1-18(12-6-11-17)16(19)10-14-20-13-5-9-15-7-3-2-4-8-15/h2-4,7-8H,5-6,9-10,12-14H2,1H3. The van der Waals surface area contributed by atoms with Gasteiger partial charge in [-0.3, -0.25) is 4.79 Å². The average molecular weight is 274 g/mol. The van der Waals surface area contributed by atoms with E-state index in [9.17, 15) is 4.79 Å². The Balaban J connectivity index is 2.02. The third-order valence-corrected chi connectivity index (χ3v) is 3.04. The van der Waals surface area contributed by atoms with E-state index in [1.54, 1.807) is 11.9 Å². The van der Waals surface area contributed by atoms with Crippen LogP contribution in [0.15, 0.2) is 30.3 Å². The fourth-order valence-corrected chi connectivity index (χ4v) is 1.82. The fraction of sp³-hybridized carbons (Fsp3) is 0.500. The van der Waals surface area contributed by atoms with Gasteiger partial charge >= 0.3 is 0 Å². The van der Waals surface area contributed by atoms with Gasteiger partial charge in [0.25, 0.3) is 0 Å². The number of nitrogens with zero attached hydrogens (tertiary/aromatic N) is 2. The van der Waals surface area contributed by atoms with Gasteiger partial charge in [-0.2, -0.15) is 5.26 Å². The van der Waals surface area contributed by atoms with E-state index in [1.807, 2.05) is 24.3 Å². The molecule has 1 rings (SSSR count). The first-order chi connectivity index (χ1) is 9.74. The lowest BCUT2D eigenvalue weighted by molar-refractivity contribution is -0.130. The Labute approximate surface area is 121 Å². The van der Waals surface area contributed by atoms with Crippen LogP contribution < -0.4 is 0 Å². The second-order valence-electron chi connectivity index (χ2n) is 4.67. The number of ether oxygens (including phenoxy) is 1. The van der Waals surface area contributed by atoms with Gasteiger partial charge in [-0.25, -0.2) is 0 Å². The molecule has 0 N–H and O–H groups in total. The smallest absolute Gasteiger partial charge is 0.224 e. The van der Waals surface area contributed by atoms with Crippen LogP contribution >= 0.6 is 0 Å². The van der Waals surface area contributed by atoms with E-state index in [1.165, 1.54) is 5.56 Å². The molecule has 0 radical (unpaired) electrons. The topological polar surface area (TPSA) is 53.3 Å². The van der Waals surface area contributed by atoms with Crippen LogP contribution in [-0.4, -0.2) is 37.6 Å². The molecule has 4 nitrogen and oxygen atoms in total. The van der Waals surface area contributed by atoms with E-state index in [2.05, 4.69) is 12.1 Å². The third kappa shape index (κ3) is 6.91. The minimum atomic E-state index is 0.0308. The van der Waals surface area contributed by atoms with Crippen molar-refractivity contribution in [2.45, 2.75) is 25.7 Å². The first-order valence-corrected chi connectivity index (χ1v) is 6.96. The molecule has 0 bridgehead atoms. The quantitative estimate of drug-likeness (QED) is 0.650. The highest BCUT2D eigenvalue weighted by atomic mass is 16.5. The van der Waals surface area contributed by atoms with Crippen molar-refractivity contribution in [1.82, 2.24) is 4.90 Å². The van der Waals surface area contributed by atoms with E-state index < -0.39 is 0 Å². The van der Waals surface area contributed by atoms with Crippen LogP contribution in [0, 0.1) is 11.3 Å². The minimum absolute atomic E-state index is 0.0308. The van der Waals surface area contributed by atoms with Gasteiger partial charge in [0.1, 0.15) is 0 Å². The molecule has 0 heterocycles. The number of amides is 1. The second-order valence-corrected chi connectivity index (χ2v) is 4.67. The van der Waals surface area contributed by atoms with Gasteiger partial charge in [0, 0.05) is 20.2 Å². The maximum absolute atomic E-state index is 11.6. The van der Waals surface area contributed by atoms with Crippen LogP contribution in [0.25, 0.3) is 0 Å². The predicted molar refractivity (Wildman–Crippen MR) is 78.1 cm³/mol. The molecular weight excluding hydrogens is 252 g/mol. The number of benzene rings is 1. The molecule has 1 aromatic carbocycles. The Morgan fingerprint density at radius 3 is 2.75 bits per heavy atom. The summed E-state index contributed by atoms with van der Waals surface area (Å²) in [4.78, 5) is 13.2. The lowest BCUT2D eigenvalue weighted by Crippen LogP contribution is -2.28. The molecule has 0 unspecified atom stereocenters. The van der Waals surface area contributed by atoms with Crippen LogP contribution in [-0.2, 0) is 16.0 Å². The summed E-state index contributed by atoms with van der Waals surface area (Å²) in [6.45, 7) is 1.61. The molecule has 0 atom stereocenters. The molecule has 20 heavy (non-hydrogen) atoms. The summed E-state index contributed by atoms with van der Waals surface area (Å²) >= 11 is 0. The monoisotopic (exact) mass is 274 g/mol. The van der Waals surface area contributed by atoms with E-state index >= 15 is 0 Å². The van der Waals surface area contributed by atoms with Gasteiger partial charge in [-0.15, -0.1) is 0 Å². The van der Waals surface area contributed by atoms with Gasteiger partial charge in [-0.05, 0) is 18.4 Å². The zero-order chi connectivity index (χ0) is 14.6. The summed E-state index contributed by atoms with van der Waals surface area (Å²) in [7, 11) is 1.72. The maximum Gasteiger partial charge on any atom is 0.224 e. The number of carbonyl (C=O) groups is 1. The molecule has 0 aromatic heterocycles. The van der Waals surface area contributed by atoms with E-state index in [0.717, 1.165) is 12.8 Å². The molecular formula is C16H22N2O2. The van der Waals surface area contributed by atoms with Crippen LogP contribution in [0.3, 0.4) is 0 Å². The molecule has 0 saturated carbocycles. The lowest BCUT2D eigenvalue weighted by Gasteiger charge is -2.15. The Hall–Kier alpha value is -1.86. The van der Waals surface area contributed by atoms with Crippen molar-refractivity contribution in [2.75, 3.05) is 26.8 Å². The first kappa shape index (κ1) is 16.2. The molecule has 0 aliphatic carbocycles.